The fraction of sp³-hybridized carbons (Fsp3) is 0.312. The lowest BCUT2D eigenvalue weighted by atomic mass is 9.93. The van der Waals surface area contributed by atoms with Gasteiger partial charge in [0.05, 0.1) is 12.2 Å². The van der Waals surface area contributed by atoms with Crippen molar-refractivity contribution in [2.45, 2.75) is 32.3 Å². The van der Waals surface area contributed by atoms with Crippen LogP contribution in [0.25, 0.3) is 0 Å². The molecule has 0 saturated carbocycles. The molecule has 0 saturated heterocycles. The lowest BCUT2D eigenvalue weighted by Gasteiger charge is -2.14. The molecule has 0 spiro atoms. The number of aryl methyl sites for hydroxylation is 1. The largest absolute Gasteiger partial charge is 0.466 e. The van der Waals surface area contributed by atoms with E-state index in [1.165, 1.54) is 0 Å². The van der Waals surface area contributed by atoms with Gasteiger partial charge in [-0.2, -0.15) is 0 Å². The van der Waals surface area contributed by atoms with E-state index in [1.807, 2.05) is 26.0 Å². The van der Waals surface area contributed by atoms with Crippen LogP contribution in [0.4, 0.5) is 5.69 Å². The van der Waals surface area contributed by atoms with Gasteiger partial charge in [-0.1, -0.05) is 13.0 Å². The first-order chi connectivity index (χ1) is 9.61. The lowest BCUT2D eigenvalue weighted by Crippen LogP contribution is -2.08. The number of furan rings is 1. The van der Waals surface area contributed by atoms with E-state index in [-0.39, 0.29) is 11.8 Å². The summed E-state index contributed by atoms with van der Waals surface area (Å²) in [6, 6.07) is 7.32. The first-order valence-corrected chi connectivity index (χ1v) is 6.80. The molecule has 4 heteroatoms. The molecule has 104 valence electrons. The van der Waals surface area contributed by atoms with Crippen LogP contribution in [0.1, 0.15) is 48.3 Å². The minimum absolute atomic E-state index is 0.0133. The molecular weight excluding hydrogens is 254 g/mol. The van der Waals surface area contributed by atoms with Crippen molar-refractivity contribution in [3.63, 3.8) is 0 Å². The zero-order valence-corrected chi connectivity index (χ0v) is 11.5. The highest BCUT2D eigenvalue weighted by atomic mass is 16.4. The maximum Gasteiger partial charge on any atom is 0.231 e. The van der Waals surface area contributed by atoms with Gasteiger partial charge < -0.3 is 14.8 Å². The Labute approximate surface area is 117 Å². The van der Waals surface area contributed by atoms with E-state index in [0.29, 0.717) is 5.76 Å². The van der Waals surface area contributed by atoms with Crippen molar-refractivity contribution < 1.29 is 14.3 Å². The van der Waals surface area contributed by atoms with Crippen LogP contribution in [-0.2, 0) is 11.2 Å². The number of aliphatic hydroxyl groups excluding tert-OH is 1. The monoisotopic (exact) mass is 271 g/mol. The number of hydrogen-bond acceptors (Lipinski definition) is 3. The quantitative estimate of drug-likeness (QED) is 0.902. The Morgan fingerprint density at radius 2 is 2.25 bits per heavy atom. The number of hydrogen-bond donors (Lipinski definition) is 2. The molecule has 4 nitrogen and oxygen atoms in total. The third-order valence-electron chi connectivity index (χ3n) is 3.89. The SMILES string of the molecule is CCc1cc(C(O)c2ccco2)cc2c1NC(=O)C2C. The van der Waals surface area contributed by atoms with Gasteiger partial charge in [-0.25, -0.2) is 0 Å². The number of aliphatic hydroxyl groups is 1. The predicted molar refractivity (Wildman–Crippen MR) is 75.6 cm³/mol. The van der Waals surface area contributed by atoms with Crippen LogP contribution in [-0.4, -0.2) is 11.0 Å². The summed E-state index contributed by atoms with van der Waals surface area (Å²) >= 11 is 0. The highest BCUT2D eigenvalue weighted by Crippen LogP contribution is 2.38. The molecule has 0 radical (unpaired) electrons. The summed E-state index contributed by atoms with van der Waals surface area (Å²) in [5.41, 5.74) is 3.66. The number of carbonyl (C=O) groups excluding carboxylic acids is 1. The Balaban J connectivity index is 2.08. The lowest BCUT2D eigenvalue weighted by molar-refractivity contribution is -0.116. The predicted octanol–water partition coefficient (Wildman–Crippen LogP) is 2.98. The van der Waals surface area contributed by atoms with Crippen molar-refractivity contribution in [3.8, 4) is 0 Å². The van der Waals surface area contributed by atoms with Crippen LogP contribution in [0.3, 0.4) is 0 Å². The van der Waals surface area contributed by atoms with Gasteiger partial charge in [0.1, 0.15) is 11.9 Å². The molecule has 20 heavy (non-hydrogen) atoms. The van der Waals surface area contributed by atoms with Crippen molar-refractivity contribution in [2.75, 3.05) is 5.32 Å². The second kappa shape index (κ2) is 4.80. The molecule has 3 rings (SSSR count). The Hall–Kier alpha value is -2.07. The first-order valence-electron chi connectivity index (χ1n) is 6.80. The number of carbonyl (C=O) groups is 1. The van der Waals surface area contributed by atoms with Crippen LogP contribution < -0.4 is 5.32 Å². The van der Waals surface area contributed by atoms with Gasteiger partial charge in [0.2, 0.25) is 5.91 Å². The van der Waals surface area contributed by atoms with Crippen molar-refractivity contribution in [1.82, 2.24) is 0 Å². The Bertz CT molecular complexity index is 646. The summed E-state index contributed by atoms with van der Waals surface area (Å²) in [6.45, 7) is 3.91. The minimum atomic E-state index is -0.802. The van der Waals surface area contributed by atoms with E-state index in [4.69, 9.17) is 4.42 Å². The molecular formula is C16H17NO3. The van der Waals surface area contributed by atoms with Crippen LogP contribution in [0.15, 0.2) is 34.9 Å². The molecule has 0 fully saturated rings. The minimum Gasteiger partial charge on any atom is -0.466 e. The van der Waals surface area contributed by atoms with Gasteiger partial charge in [0, 0.05) is 5.69 Å². The van der Waals surface area contributed by atoms with Gasteiger partial charge in [-0.3, -0.25) is 4.79 Å². The number of nitrogens with one attached hydrogen (secondary N) is 1. The van der Waals surface area contributed by atoms with Crippen molar-refractivity contribution in [3.05, 3.63) is 53.0 Å². The van der Waals surface area contributed by atoms with E-state index in [0.717, 1.165) is 28.8 Å². The fourth-order valence-electron chi connectivity index (χ4n) is 2.67. The molecule has 2 N–H and O–H groups in total. The number of amides is 1. The van der Waals surface area contributed by atoms with Crippen LogP contribution in [0.2, 0.25) is 0 Å². The highest BCUT2D eigenvalue weighted by Gasteiger charge is 2.30. The summed E-state index contributed by atoms with van der Waals surface area (Å²) in [5.74, 6) is 0.343. The molecule has 2 unspecified atom stereocenters. The van der Waals surface area contributed by atoms with Gasteiger partial charge in [-0.05, 0) is 48.2 Å². The molecule has 1 aromatic carbocycles. The van der Waals surface area contributed by atoms with Gasteiger partial charge in [0.15, 0.2) is 0 Å². The average Bonchev–Trinajstić information content (AvgIpc) is 3.07. The molecule has 0 aliphatic carbocycles. The third-order valence-corrected chi connectivity index (χ3v) is 3.89. The summed E-state index contributed by atoms with van der Waals surface area (Å²) < 4.78 is 5.26. The molecule has 1 amide bonds. The number of fused-ring (bicyclic) bond motifs is 1. The second-order valence-corrected chi connectivity index (χ2v) is 5.13. The molecule has 1 aliphatic rings. The van der Waals surface area contributed by atoms with Crippen molar-refractivity contribution in [2.24, 2.45) is 0 Å². The van der Waals surface area contributed by atoms with Gasteiger partial charge in [0.25, 0.3) is 0 Å². The van der Waals surface area contributed by atoms with Crippen molar-refractivity contribution >= 4 is 11.6 Å². The number of rotatable bonds is 3. The summed E-state index contributed by atoms with van der Waals surface area (Å²) in [6.07, 6.45) is 1.54. The molecule has 1 aromatic heterocycles. The molecule has 1 aliphatic heterocycles. The number of benzene rings is 1. The van der Waals surface area contributed by atoms with Gasteiger partial charge in [-0.15, -0.1) is 0 Å². The highest BCUT2D eigenvalue weighted by molar-refractivity contribution is 6.03. The van der Waals surface area contributed by atoms with Crippen LogP contribution in [0.5, 0.6) is 0 Å². The van der Waals surface area contributed by atoms with Crippen molar-refractivity contribution in [1.29, 1.82) is 0 Å². The smallest absolute Gasteiger partial charge is 0.231 e. The van der Waals surface area contributed by atoms with E-state index in [1.54, 1.807) is 18.4 Å². The molecule has 2 atom stereocenters. The first kappa shape index (κ1) is 12.9. The van der Waals surface area contributed by atoms with E-state index >= 15 is 0 Å². The Morgan fingerprint density at radius 1 is 1.45 bits per heavy atom. The van der Waals surface area contributed by atoms with Gasteiger partial charge >= 0.3 is 0 Å². The summed E-state index contributed by atoms with van der Waals surface area (Å²) in [5, 5.41) is 13.3. The normalized spacial score (nSPS) is 18.8. The zero-order chi connectivity index (χ0) is 14.3. The van der Waals surface area contributed by atoms with Crippen LogP contribution >= 0.6 is 0 Å². The zero-order valence-electron chi connectivity index (χ0n) is 11.5. The summed E-state index contributed by atoms with van der Waals surface area (Å²) in [7, 11) is 0. The standard InChI is InChI=1S/C16H17NO3/c1-3-10-7-11(15(18)13-5-4-6-20-13)8-12-9(2)16(19)17-14(10)12/h4-9,15,18H,3H2,1-2H3,(H,17,19). The Kier molecular flexibility index (Phi) is 3.10. The van der Waals surface area contributed by atoms with Crippen LogP contribution in [0, 0.1) is 0 Å². The molecule has 2 heterocycles. The average molecular weight is 271 g/mol. The maximum atomic E-state index is 11.8. The molecule has 0 bridgehead atoms. The topological polar surface area (TPSA) is 62.5 Å². The maximum absolute atomic E-state index is 11.8. The fourth-order valence-corrected chi connectivity index (χ4v) is 2.67. The molecule has 2 aromatic rings. The van der Waals surface area contributed by atoms with E-state index < -0.39 is 6.10 Å². The van der Waals surface area contributed by atoms with E-state index in [2.05, 4.69) is 5.32 Å². The third kappa shape index (κ3) is 1.93. The Morgan fingerprint density at radius 3 is 2.90 bits per heavy atom. The summed E-state index contributed by atoms with van der Waals surface area (Å²) in [4.78, 5) is 11.8. The second-order valence-electron chi connectivity index (χ2n) is 5.13. The van der Waals surface area contributed by atoms with E-state index in [9.17, 15) is 9.90 Å². The number of anilines is 1.